The molecule has 0 saturated carbocycles. The number of hydrogen-bond donors (Lipinski definition) is 1. The van der Waals surface area contributed by atoms with Crippen molar-refractivity contribution < 1.29 is 19.1 Å². The lowest BCUT2D eigenvalue weighted by atomic mass is 10.2. The highest BCUT2D eigenvalue weighted by molar-refractivity contribution is 5.97. The van der Waals surface area contributed by atoms with Gasteiger partial charge in [0.1, 0.15) is 5.69 Å². The second kappa shape index (κ2) is 5.27. The van der Waals surface area contributed by atoms with Gasteiger partial charge in [-0.15, -0.1) is 0 Å². The average molecular weight is 268 g/mol. The van der Waals surface area contributed by atoms with Crippen LogP contribution in [0.4, 0.5) is 5.69 Å². The van der Waals surface area contributed by atoms with Crippen molar-refractivity contribution in [2.75, 3.05) is 32.5 Å². The third kappa shape index (κ3) is 2.53. The minimum atomic E-state index is -0.753. The van der Waals surface area contributed by atoms with Gasteiger partial charge in [-0.3, -0.25) is 9.48 Å². The number of hydrogen-bond acceptors (Lipinski definition) is 6. The molecule has 0 bridgehead atoms. The molecule has 0 radical (unpaired) electrons. The van der Waals surface area contributed by atoms with Gasteiger partial charge in [-0.05, 0) is 0 Å². The Morgan fingerprint density at radius 2 is 2.32 bits per heavy atom. The fourth-order valence-electron chi connectivity index (χ4n) is 1.97. The van der Waals surface area contributed by atoms with Gasteiger partial charge in [0.25, 0.3) is 5.91 Å². The Morgan fingerprint density at radius 3 is 2.89 bits per heavy atom. The number of amides is 1. The second-order valence-corrected chi connectivity index (χ2v) is 4.21. The molecule has 0 aromatic carbocycles. The number of nitrogens with two attached hydrogens (primary N) is 1. The zero-order chi connectivity index (χ0) is 14.0. The number of ether oxygens (including phenoxy) is 2. The van der Waals surface area contributed by atoms with Crippen LogP contribution in [0, 0.1) is 0 Å². The van der Waals surface area contributed by atoms with Gasteiger partial charge in [0, 0.05) is 13.6 Å². The molecule has 1 aromatic heterocycles. The molecule has 1 unspecified atom stereocenters. The molecule has 2 rings (SSSR count). The van der Waals surface area contributed by atoms with Crippen LogP contribution in [-0.4, -0.2) is 59.5 Å². The van der Waals surface area contributed by atoms with E-state index < -0.39 is 12.1 Å². The maximum absolute atomic E-state index is 12.3. The largest absolute Gasteiger partial charge is 0.467 e. The number of anilines is 1. The molecule has 1 atom stereocenters. The lowest BCUT2D eigenvalue weighted by Gasteiger charge is -2.31. The third-order valence-electron chi connectivity index (χ3n) is 2.99. The van der Waals surface area contributed by atoms with Gasteiger partial charge >= 0.3 is 5.97 Å². The molecular formula is C11H16N4O4. The van der Waals surface area contributed by atoms with Gasteiger partial charge in [-0.2, -0.15) is 5.10 Å². The fourth-order valence-corrected chi connectivity index (χ4v) is 1.97. The number of carbonyl (C=O) groups is 2. The van der Waals surface area contributed by atoms with Crippen LogP contribution in [0.3, 0.4) is 0 Å². The number of carbonyl (C=O) groups excluding carboxylic acids is 2. The summed E-state index contributed by atoms with van der Waals surface area (Å²) >= 11 is 0. The standard InChI is InChI=1S/C11H16N4O4/c1-14-9(7(12)5-13-14)10(16)15-3-4-19-8(6-15)11(17)18-2/h5,8H,3-4,6,12H2,1-2H3. The summed E-state index contributed by atoms with van der Waals surface area (Å²) in [6.07, 6.45) is 0.669. The molecule has 8 heteroatoms. The number of rotatable bonds is 2. The van der Waals surface area contributed by atoms with Gasteiger partial charge < -0.3 is 20.1 Å². The van der Waals surface area contributed by atoms with Crippen LogP contribution >= 0.6 is 0 Å². The van der Waals surface area contributed by atoms with Crippen LogP contribution in [0.5, 0.6) is 0 Å². The Balaban J connectivity index is 2.14. The summed E-state index contributed by atoms with van der Waals surface area (Å²) in [5, 5.41) is 3.92. The van der Waals surface area contributed by atoms with Crippen LogP contribution in [0.1, 0.15) is 10.5 Å². The van der Waals surface area contributed by atoms with E-state index in [1.807, 2.05) is 0 Å². The number of morpholine rings is 1. The van der Waals surface area contributed by atoms with Gasteiger partial charge in [0.2, 0.25) is 0 Å². The zero-order valence-corrected chi connectivity index (χ0v) is 10.8. The molecule has 104 valence electrons. The summed E-state index contributed by atoms with van der Waals surface area (Å²) in [6, 6.07) is 0. The van der Waals surface area contributed by atoms with E-state index in [0.717, 1.165) is 0 Å². The van der Waals surface area contributed by atoms with Crippen LogP contribution < -0.4 is 5.73 Å². The number of esters is 1. The van der Waals surface area contributed by atoms with Crippen molar-refractivity contribution >= 4 is 17.6 Å². The summed E-state index contributed by atoms with van der Waals surface area (Å²) in [5.74, 6) is -0.759. The van der Waals surface area contributed by atoms with Gasteiger partial charge in [-0.1, -0.05) is 0 Å². The first-order valence-corrected chi connectivity index (χ1v) is 5.80. The van der Waals surface area contributed by atoms with E-state index in [4.69, 9.17) is 10.5 Å². The predicted octanol–water partition coefficient (Wildman–Crippen LogP) is -0.984. The Labute approximate surface area is 110 Å². The smallest absolute Gasteiger partial charge is 0.336 e. The molecule has 1 saturated heterocycles. The van der Waals surface area contributed by atoms with Gasteiger partial charge in [0.05, 0.1) is 32.1 Å². The lowest BCUT2D eigenvalue weighted by molar-refractivity contribution is -0.158. The Kier molecular flexibility index (Phi) is 3.70. The van der Waals surface area contributed by atoms with Gasteiger partial charge in [-0.25, -0.2) is 4.79 Å². The van der Waals surface area contributed by atoms with E-state index in [9.17, 15) is 9.59 Å². The highest BCUT2D eigenvalue weighted by atomic mass is 16.6. The SMILES string of the molecule is COC(=O)C1CN(C(=O)c2c(N)cnn2C)CCO1. The second-order valence-electron chi connectivity index (χ2n) is 4.21. The monoisotopic (exact) mass is 268 g/mol. The van der Waals surface area contributed by atoms with E-state index in [1.165, 1.54) is 22.9 Å². The van der Waals surface area contributed by atoms with Crippen molar-refractivity contribution in [2.45, 2.75) is 6.10 Å². The summed E-state index contributed by atoms with van der Waals surface area (Å²) in [5.41, 5.74) is 6.34. The Morgan fingerprint density at radius 1 is 1.58 bits per heavy atom. The molecule has 2 heterocycles. The first kappa shape index (κ1) is 13.3. The number of aromatic nitrogens is 2. The Bertz CT molecular complexity index is 479. The third-order valence-corrected chi connectivity index (χ3v) is 2.99. The van der Waals surface area contributed by atoms with Gasteiger partial charge in [0.15, 0.2) is 6.10 Å². The zero-order valence-electron chi connectivity index (χ0n) is 10.8. The van der Waals surface area contributed by atoms with Crippen LogP contribution in [0.25, 0.3) is 0 Å². The van der Waals surface area contributed by atoms with E-state index in [1.54, 1.807) is 7.05 Å². The first-order valence-electron chi connectivity index (χ1n) is 5.80. The van der Waals surface area contributed by atoms with E-state index in [2.05, 4.69) is 9.84 Å². The fraction of sp³-hybridized carbons (Fsp3) is 0.545. The number of methoxy groups -OCH3 is 1. The van der Waals surface area contributed by atoms with Crippen molar-refractivity contribution in [3.8, 4) is 0 Å². The quantitative estimate of drug-likeness (QED) is 0.692. The van der Waals surface area contributed by atoms with Crippen molar-refractivity contribution in [2.24, 2.45) is 7.05 Å². The topological polar surface area (TPSA) is 99.7 Å². The molecular weight excluding hydrogens is 252 g/mol. The molecule has 0 aliphatic carbocycles. The van der Waals surface area contributed by atoms with Crippen molar-refractivity contribution in [3.05, 3.63) is 11.9 Å². The van der Waals surface area contributed by atoms with Crippen LogP contribution in [0.15, 0.2) is 6.20 Å². The molecule has 2 N–H and O–H groups in total. The minimum absolute atomic E-state index is 0.149. The highest BCUT2D eigenvalue weighted by Gasteiger charge is 2.32. The maximum Gasteiger partial charge on any atom is 0.336 e. The molecule has 0 spiro atoms. The van der Waals surface area contributed by atoms with Crippen LogP contribution in [-0.2, 0) is 21.3 Å². The van der Waals surface area contributed by atoms with E-state index >= 15 is 0 Å². The average Bonchev–Trinajstić information content (AvgIpc) is 2.76. The van der Waals surface area contributed by atoms with E-state index in [-0.39, 0.29) is 19.1 Å². The highest BCUT2D eigenvalue weighted by Crippen LogP contribution is 2.15. The van der Waals surface area contributed by atoms with Crippen molar-refractivity contribution in [3.63, 3.8) is 0 Å². The molecule has 1 aliphatic rings. The molecule has 1 amide bonds. The maximum atomic E-state index is 12.3. The first-order chi connectivity index (χ1) is 9.04. The molecule has 1 fully saturated rings. The molecule has 1 aliphatic heterocycles. The summed E-state index contributed by atoms with van der Waals surface area (Å²) in [4.78, 5) is 25.3. The minimum Gasteiger partial charge on any atom is -0.467 e. The summed E-state index contributed by atoms with van der Waals surface area (Å²) in [6.45, 7) is 0.830. The molecule has 1 aromatic rings. The predicted molar refractivity (Wildman–Crippen MR) is 65.3 cm³/mol. The number of nitrogen functional groups attached to an aromatic ring is 1. The number of nitrogens with zero attached hydrogens (tertiary/aromatic N) is 3. The van der Waals surface area contributed by atoms with Crippen molar-refractivity contribution in [1.82, 2.24) is 14.7 Å². The lowest BCUT2D eigenvalue weighted by Crippen LogP contribution is -2.49. The van der Waals surface area contributed by atoms with Crippen LogP contribution in [0.2, 0.25) is 0 Å². The van der Waals surface area contributed by atoms with E-state index in [0.29, 0.717) is 17.9 Å². The summed E-state index contributed by atoms with van der Waals surface area (Å²) < 4.78 is 11.3. The molecule has 19 heavy (non-hydrogen) atoms. The summed E-state index contributed by atoms with van der Waals surface area (Å²) in [7, 11) is 2.92. The van der Waals surface area contributed by atoms with Crippen molar-refractivity contribution in [1.29, 1.82) is 0 Å². The molecule has 8 nitrogen and oxygen atoms in total. The number of aryl methyl sites for hydroxylation is 1. The Hall–Kier alpha value is -2.09. The normalized spacial score (nSPS) is 19.3.